The Labute approximate surface area is 123 Å². The number of carbonyl (C=O) groups is 2. The highest BCUT2D eigenvalue weighted by Crippen LogP contribution is 2.24. The van der Waals surface area contributed by atoms with Crippen molar-refractivity contribution in [1.29, 1.82) is 0 Å². The average Bonchev–Trinajstić information content (AvgIpc) is 2.50. The van der Waals surface area contributed by atoms with Crippen molar-refractivity contribution in [3.8, 4) is 0 Å². The van der Waals surface area contributed by atoms with E-state index in [0.717, 1.165) is 11.1 Å². The predicted molar refractivity (Wildman–Crippen MR) is 79.9 cm³/mol. The van der Waals surface area contributed by atoms with Crippen molar-refractivity contribution in [2.45, 2.75) is 12.8 Å². The molecule has 0 aromatic heterocycles. The fourth-order valence-corrected chi connectivity index (χ4v) is 2.13. The summed E-state index contributed by atoms with van der Waals surface area (Å²) >= 11 is 0. The van der Waals surface area contributed by atoms with Crippen LogP contribution in [0.15, 0.2) is 60.7 Å². The van der Waals surface area contributed by atoms with Crippen LogP contribution in [0.2, 0.25) is 0 Å². The van der Waals surface area contributed by atoms with E-state index in [1.165, 1.54) is 0 Å². The second-order valence-corrected chi connectivity index (χ2v) is 4.46. The number of hydrogen-bond acceptors (Lipinski definition) is 3. The largest absolute Gasteiger partial charge is 0.450 e. The minimum absolute atomic E-state index is 0.223. The Morgan fingerprint density at radius 3 is 1.86 bits per heavy atom. The van der Waals surface area contributed by atoms with Crippen LogP contribution < -0.4 is 5.32 Å². The van der Waals surface area contributed by atoms with Gasteiger partial charge < -0.3 is 4.74 Å². The Hall–Kier alpha value is -2.62. The van der Waals surface area contributed by atoms with Crippen LogP contribution in [0.5, 0.6) is 0 Å². The minimum Gasteiger partial charge on any atom is -0.450 e. The summed E-state index contributed by atoms with van der Waals surface area (Å²) in [7, 11) is 0. The first-order valence-corrected chi connectivity index (χ1v) is 6.80. The lowest BCUT2D eigenvalue weighted by Gasteiger charge is -2.17. The summed E-state index contributed by atoms with van der Waals surface area (Å²) in [6.07, 6.45) is -0.723. The van der Waals surface area contributed by atoms with Gasteiger partial charge in [-0.2, -0.15) is 0 Å². The lowest BCUT2D eigenvalue weighted by atomic mass is 9.90. The molecule has 0 bridgehead atoms. The van der Waals surface area contributed by atoms with Gasteiger partial charge >= 0.3 is 6.09 Å². The fraction of sp³-hybridized carbons (Fsp3) is 0.176. The number of benzene rings is 2. The Bertz CT molecular complexity index is 556. The summed E-state index contributed by atoms with van der Waals surface area (Å²) in [6, 6.07) is 18.7. The number of hydrogen-bond donors (Lipinski definition) is 1. The molecule has 0 unspecified atom stereocenters. The Kier molecular flexibility index (Phi) is 5.10. The van der Waals surface area contributed by atoms with Gasteiger partial charge in [-0.25, -0.2) is 4.79 Å². The number of imide groups is 1. The van der Waals surface area contributed by atoms with Crippen LogP contribution in [0.25, 0.3) is 0 Å². The van der Waals surface area contributed by atoms with Crippen LogP contribution >= 0.6 is 0 Å². The van der Waals surface area contributed by atoms with E-state index in [9.17, 15) is 9.59 Å². The molecule has 0 radical (unpaired) electrons. The minimum atomic E-state index is -0.723. The molecule has 21 heavy (non-hydrogen) atoms. The van der Waals surface area contributed by atoms with Gasteiger partial charge in [0.2, 0.25) is 5.91 Å². The first-order chi connectivity index (χ1) is 10.2. The molecule has 1 N–H and O–H groups in total. The number of ether oxygens (including phenoxy) is 1. The molecule has 2 aromatic rings. The van der Waals surface area contributed by atoms with E-state index in [-0.39, 0.29) is 6.61 Å². The van der Waals surface area contributed by atoms with Crippen LogP contribution in [-0.4, -0.2) is 18.6 Å². The molecular weight excluding hydrogens is 266 g/mol. The molecule has 0 aliphatic heterocycles. The normalized spacial score (nSPS) is 10.2. The zero-order valence-electron chi connectivity index (χ0n) is 11.8. The zero-order chi connectivity index (χ0) is 15.1. The maximum Gasteiger partial charge on any atom is 0.413 e. The molecule has 4 heteroatoms. The highest BCUT2D eigenvalue weighted by atomic mass is 16.5. The third-order valence-corrected chi connectivity index (χ3v) is 3.03. The molecule has 0 saturated carbocycles. The topological polar surface area (TPSA) is 55.4 Å². The molecule has 0 aliphatic rings. The van der Waals surface area contributed by atoms with Crippen molar-refractivity contribution >= 4 is 12.0 Å². The maximum absolute atomic E-state index is 12.4. The lowest BCUT2D eigenvalue weighted by molar-refractivity contribution is -0.121. The standard InChI is InChI=1S/C17H17NO3/c1-2-21-17(20)18-16(19)15(13-9-5-3-6-10-13)14-11-7-4-8-12-14/h3-12,15H,2H2,1H3,(H,18,19,20). The van der Waals surface area contributed by atoms with E-state index >= 15 is 0 Å². The van der Waals surface area contributed by atoms with Crippen molar-refractivity contribution < 1.29 is 14.3 Å². The van der Waals surface area contributed by atoms with Crippen molar-refractivity contribution in [2.24, 2.45) is 0 Å². The average molecular weight is 283 g/mol. The molecular formula is C17H17NO3. The van der Waals surface area contributed by atoms with Gasteiger partial charge in [-0.15, -0.1) is 0 Å². The molecule has 2 rings (SSSR count). The van der Waals surface area contributed by atoms with Crippen LogP contribution in [0.1, 0.15) is 24.0 Å². The Morgan fingerprint density at radius 2 is 1.43 bits per heavy atom. The van der Waals surface area contributed by atoms with Gasteiger partial charge in [0, 0.05) is 0 Å². The number of carbonyl (C=O) groups excluding carboxylic acids is 2. The van der Waals surface area contributed by atoms with E-state index in [1.54, 1.807) is 6.92 Å². The predicted octanol–water partition coefficient (Wildman–Crippen LogP) is 3.09. The van der Waals surface area contributed by atoms with Crippen LogP contribution in [0.4, 0.5) is 4.79 Å². The number of alkyl carbamates (subject to hydrolysis) is 1. The summed E-state index contributed by atoms with van der Waals surface area (Å²) in [5, 5.41) is 2.28. The first kappa shape index (κ1) is 14.8. The molecule has 0 aliphatic carbocycles. The molecule has 0 saturated heterocycles. The van der Waals surface area contributed by atoms with Gasteiger partial charge in [-0.05, 0) is 18.1 Å². The lowest BCUT2D eigenvalue weighted by Crippen LogP contribution is -2.35. The summed E-state index contributed by atoms with van der Waals surface area (Å²) in [6.45, 7) is 1.91. The Morgan fingerprint density at radius 1 is 0.952 bits per heavy atom. The molecule has 0 heterocycles. The Balaban J connectivity index is 2.29. The third-order valence-electron chi connectivity index (χ3n) is 3.03. The van der Waals surface area contributed by atoms with Gasteiger partial charge in [0.25, 0.3) is 0 Å². The van der Waals surface area contributed by atoms with E-state index in [4.69, 9.17) is 4.74 Å². The molecule has 4 nitrogen and oxygen atoms in total. The van der Waals surface area contributed by atoms with Crippen LogP contribution in [0, 0.1) is 0 Å². The summed E-state index contributed by atoms with van der Waals surface area (Å²) in [5.74, 6) is -0.942. The molecule has 0 fully saturated rings. The van der Waals surface area contributed by atoms with Gasteiger partial charge in [-0.3, -0.25) is 10.1 Å². The van der Waals surface area contributed by atoms with Crippen LogP contribution in [0.3, 0.4) is 0 Å². The van der Waals surface area contributed by atoms with Crippen molar-refractivity contribution in [3.05, 3.63) is 71.8 Å². The summed E-state index contributed by atoms with van der Waals surface area (Å²) in [4.78, 5) is 23.9. The van der Waals surface area contributed by atoms with E-state index in [1.807, 2.05) is 60.7 Å². The van der Waals surface area contributed by atoms with Crippen molar-refractivity contribution in [2.75, 3.05) is 6.61 Å². The highest BCUT2D eigenvalue weighted by Gasteiger charge is 2.24. The van der Waals surface area contributed by atoms with E-state index < -0.39 is 17.9 Å². The maximum atomic E-state index is 12.4. The fourth-order valence-electron chi connectivity index (χ4n) is 2.13. The van der Waals surface area contributed by atoms with Gasteiger partial charge in [0.05, 0.1) is 12.5 Å². The van der Waals surface area contributed by atoms with Crippen molar-refractivity contribution in [1.82, 2.24) is 5.32 Å². The number of rotatable bonds is 4. The zero-order valence-corrected chi connectivity index (χ0v) is 11.8. The van der Waals surface area contributed by atoms with E-state index in [2.05, 4.69) is 5.32 Å². The number of amides is 2. The summed E-state index contributed by atoms with van der Waals surface area (Å²) in [5.41, 5.74) is 1.65. The highest BCUT2D eigenvalue weighted by molar-refractivity contribution is 5.97. The molecule has 2 aromatic carbocycles. The quantitative estimate of drug-likeness (QED) is 0.938. The molecule has 0 atom stereocenters. The second-order valence-electron chi connectivity index (χ2n) is 4.46. The van der Waals surface area contributed by atoms with Gasteiger partial charge in [-0.1, -0.05) is 60.7 Å². The van der Waals surface area contributed by atoms with E-state index in [0.29, 0.717) is 0 Å². The third kappa shape index (κ3) is 3.92. The second kappa shape index (κ2) is 7.24. The summed E-state index contributed by atoms with van der Waals surface area (Å²) < 4.78 is 4.76. The molecule has 2 amide bonds. The monoisotopic (exact) mass is 283 g/mol. The molecule has 108 valence electrons. The smallest absolute Gasteiger partial charge is 0.413 e. The van der Waals surface area contributed by atoms with Crippen molar-refractivity contribution in [3.63, 3.8) is 0 Å². The van der Waals surface area contributed by atoms with Gasteiger partial charge in [0.1, 0.15) is 0 Å². The van der Waals surface area contributed by atoms with Crippen LogP contribution in [-0.2, 0) is 9.53 Å². The SMILES string of the molecule is CCOC(=O)NC(=O)C(c1ccccc1)c1ccccc1. The number of nitrogens with one attached hydrogen (secondary N) is 1. The molecule has 0 spiro atoms. The van der Waals surface area contributed by atoms with Gasteiger partial charge in [0.15, 0.2) is 0 Å². The first-order valence-electron chi connectivity index (χ1n) is 6.80.